The molecule has 0 unspecified atom stereocenters. The van der Waals surface area contributed by atoms with E-state index in [1.54, 1.807) is 42.5 Å². The quantitative estimate of drug-likeness (QED) is 0.313. The highest BCUT2D eigenvalue weighted by Gasteiger charge is 2.14. The van der Waals surface area contributed by atoms with E-state index < -0.39 is 22.1 Å². The van der Waals surface area contributed by atoms with Crippen LogP contribution in [0, 0.1) is 0 Å². The number of anilines is 1. The monoisotopic (exact) mass is 515 g/mol. The number of carbonyl (C=O) groups is 1. The summed E-state index contributed by atoms with van der Waals surface area (Å²) >= 11 is 5.83. The lowest BCUT2D eigenvalue weighted by Gasteiger charge is -2.12. The minimum atomic E-state index is -3.76. The second-order valence-corrected chi connectivity index (χ2v) is 9.87. The van der Waals surface area contributed by atoms with Gasteiger partial charge >= 0.3 is 5.97 Å². The Labute approximate surface area is 209 Å². The van der Waals surface area contributed by atoms with Crippen molar-refractivity contribution in [1.29, 1.82) is 0 Å². The van der Waals surface area contributed by atoms with Gasteiger partial charge in [-0.3, -0.25) is 9.52 Å². The first-order chi connectivity index (χ1) is 16.7. The lowest BCUT2D eigenvalue weighted by molar-refractivity contribution is -0.136. The summed E-state index contributed by atoms with van der Waals surface area (Å²) in [6.07, 6.45) is 3.23. The summed E-state index contributed by atoms with van der Waals surface area (Å²) in [5.74, 6) is -0.271. The van der Waals surface area contributed by atoms with Crippen molar-refractivity contribution in [2.45, 2.75) is 30.3 Å². The molecule has 3 aromatic carbocycles. The van der Waals surface area contributed by atoms with E-state index in [0.717, 1.165) is 5.56 Å². The van der Waals surface area contributed by atoms with Gasteiger partial charge in [-0.05, 0) is 60.0 Å². The average molecular weight is 516 g/mol. The minimum Gasteiger partial charge on any atom is -0.493 e. The van der Waals surface area contributed by atoms with Crippen LogP contribution >= 0.6 is 11.6 Å². The lowest BCUT2D eigenvalue weighted by atomic mass is 10.1. The summed E-state index contributed by atoms with van der Waals surface area (Å²) in [7, 11) is -3.76. The lowest BCUT2D eigenvalue weighted by Crippen LogP contribution is -2.12. The van der Waals surface area contributed by atoms with Gasteiger partial charge in [0.15, 0.2) is 0 Å². The van der Waals surface area contributed by atoms with E-state index in [1.165, 1.54) is 24.3 Å². The molecule has 184 valence electrons. The molecule has 0 aliphatic carbocycles. The molecule has 0 heterocycles. The standard InChI is InChI=1S/C26H26ClNO6S/c27-21-10-13-24(14-11-21)35(32,33)28-22-6-3-4-19(18-22)8-12-23(29)16-17-34-25-7-2-1-5-20(25)9-15-26(30)31/h1-8,10-14,18,23,28-29H,9,15-17H2,(H,30,31)/b12-8+/t23-/m0/s1. The van der Waals surface area contributed by atoms with Crippen LogP contribution in [0.4, 0.5) is 5.69 Å². The fourth-order valence-corrected chi connectivity index (χ4v) is 4.41. The molecule has 0 radical (unpaired) electrons. The molecule has 9 heteroatoms. The number of carboxylic acid groups (broad SMARTS) is 1. The third-order valence-corrected chi connectivity index (χ3v) is 6.67. The van der Waals surface area contributed by atoms with Crippen molar-refractivity contribution in [3.63, 3.8) is 0 Å². The van der Waals surface area contributed by atoms with Crippen molar-refractivity contribution in [3.05, 3.63) is 95.0 Å². The zero-order chi connectivity index (χ0) is 25.3. The number of para-hydroxylation sites is 1. The topological polar surface area (TPSA) is 113 Å². The number of aliphatic carboxylic acids is 1. The molecule has 3 N–H and O–H groups in total. The maximum absolute atomic E-state index is 12.6. The van der Waals surface area contributed by atoms with Crippen LogP contribution < -0.4 is 9.46 Å². The van der Waals surface area contributed by atoms with Crippen LogP contribution in [0.2, 0.25) is 5.02 Å². The molecule has 7 nitrogen and oxygen atoms in total. The number of hydrogen-bond donors (Lipinski definition) is 3. The van der Waals surface area contributed by atoms with E-state index in [4.69, 9.17) is 21.4 Å². The third-order valence-electron chi connectivity index (χ3n) is 5.03. The molecule has 0 aliphatic rings. The van der Waals surface area contributed by atoms with Gasteiger partial charge < -0.3 is 14.9 Å². The van der Waals surface area contributed by atoms with Crippen LogP contribution in [0.1, 0.15) is 24.0 Å². The third kappa shape index (κ3) is 8.43. The molecule has 35 heavy (non-hydrogen) atoms. The summed E-state index contributed by atoms with van der Waals surface area (Å²) in [4.78, 5) is 10.9. The maximum Gasteiger partial charge on any atom is 0.303 e. The Hall–Kier alpha value is -3.33. The number of benzene rings is 3. The second-order valence-electron chi connectivity index (χ2n) is 7.75. The van der Waals surface area contributed by atoms with Crippen LogP contribution in [-0.2, 0) is 21.2 Å². The normalized spacial score (nSPS) is 12.4. The van der Waals surface area contributed by atoms with Crippen molar-refractivity contribution in [1.82, 2.24) is 0 Å². The van der Waals surface area contributed by atoms with Gasteiger partial charge in [0.1, 0.15) is 5.75 Å². The molecule has 0 aliphatic heterocycles. The molecule has 3 rings (SSSR count). The molecule has 0 amide bonds. The predicted molar refractivity (Wildman–Crippen MR) is 136 cm³/mol. The SMILES string of the molecule is O=C(O)CCc1ccccc1OCC[C@@H](O)/C=C/c1cccc(NS(=O)(=O)c2ccc(Cl)cc2)c1. The Morgan fingerprint density at radius 1 is 1.06 bits per heavy atom. The summed E-state index contributed by atoms with van der Waals surface area (Å²) < 4.78 is 33.4. The van der Waals surface area contributed by atoms with Crippen LogP contribution in [0.25, 0.3) is 6.08 Å². The molecule has 0 spiro atoms. The predicted octanol–water partition coefficient (Wildman–Crippen LogP) is 5.00. The highest BCUT2D eigenvalue weighted by atomic mass is 35.5. The van der Waals surface area contributed by atoms with Gasteiger partial charge in [-0.2, -0.15) is 0 Å². The summed E-state index contributed by atoms with van der Waals surface area (Å²) in [5, 5.41) is 19.6. The van der Waals surface area contributed by atoms with E-state index in [9.17, 15) is 18.3 Å². The highest BCUT2D eigenvalue weighted by Crippen LogP contribution is 2.21. The summed E-state index contributed by atoms with van der Waals surface area (Å²) in [6, 6.07) is 19.9. The largest absolute Gasteiger partial charge is 0.493 e. The number of aliphatic hydroxyl groups excluding tert-OH is 1. The van der Waals surface area contributed by atoms with Crippen LogP contribution in [-0.4, -0.2) is 37.3 Å². The van der Waals surface area contributed by atoms with Gasteiger partial charge in [0.05, 0.1) is 17.6 Å². The number of nitrogens with one attached hydrogen (secondary N) is 1. The highest BCUT2D eigenvalue weighted by molar-refractivity contribution is 7.92. The van der Waals surface area contributed by atoms with E-state index in [2.05, 4.69) is 4.72 Å². The first kappa shape index (κ1) is 26.3. The van der Waals surface area contributed by atoms with Crippen molar-refractivity contribution in [2.24, 2.45) is 0 Å². The first-order valence-corrected chi connectivity index (χ1v) is 12.8. The second kappa shape index (κ2) is 12.4. The van der Waals surface area contributed by atoms with Gasteiger partial charge in [0.2, 0.25) is 0 Å². The number of halogens is 1. The Morgan fingerprint density at radius 2 is 1.80 bits per heavy atom. The van der Waals surface area contributed by atoms with E-state index in [-0.39, 0.29) is 17.9 Å². The van der Waals surface area contributed by atoms with Gasteiger partial charge in [-0.1, -0.05) is 54.1 Å². The fourth-order valence-electron chi connectivity index (χ4n) is 3.23. The number of carboxylic acids is 1. The van der Waals surface area contributed by atoms with E-state index in [1.807, 2.05) is 18.2 Å². The Bertz CT molecular complexity index is 1280. The zero-order valence-electron chi connectivity index (χ0n) is 18.8. The molecule has 1 atom stereocenters. The van der Waals surface area contributed by atoms with Gasteiger partial charge in [0.25, 0.3) is 10.0 Å². The zero-order valence-corrected chi connectivity index (χ0v) is 20.4. The summed E-state index contributed by atoms with van der Waals surface area (Å²) in [5.41, 5.74) is 1.90. The van der Waals surface area contributed by atoms with Crippen LogP contribution in [0.3, 0.4) is 0 Å². The molecule has 3 aromatic rings. The van der Waals surface area contributed by atoms with Crippen molar-refractivity contribution < 1.29 is 28.2 Å². The number of sulfonamides is 1. The number of hydrogen-bond acceptors (Lipinski definition) is 5. The fraction of sp³-hybridized carbons (Fsp3) is 0.192. The van der Waals surface area contributed by atoms with E-state index >= 15 is 0 Å². The Morgan fingerprint density at radius 3 is 2.54 bits per heavy atom. The van der Waals surface area contributed by atoms with Crippen LogP contribution in [0.5, 0.6) is 5.75 Å². The molecule has 0 bridgehead atoms. The van der Waals surface area contributed by atoms with Gasteiger partial charge in [0, 0.05) is 23.6 Å². The molecular weight excluding hydrogens is 490 g/mol. The number of aryl methyl sites for hydroxylation is 1. The van der Waals surface area contributed by atoms with Gasteiger partial charge in [-0.25, -0.2) is 8.42 Å². The summed E-state index contributed by atoms with van der Waals surface area (Å²) in [6.45, 7) is 0.247. The van der Waals surface area contributed by atoms with Crippen molar-refractivity contribution >= 4 is 39.4 Å². The minimum absolute atomic E-state index is 0.0145. The molecule has 0 saturated heterocycles. The molecule has 0 fully saturated rings. The van der Waals surface area contributed by atoms with Crippen molar-refractivity contribution in [2.75, 3.05) is 11.3 Å². The Balaban J connectivity index is 1.54. The average Bonchev–Trinajstić information content (AvgIpc) is 2.82. The smallest absolute Gasteiger partial charge is 0.303 e. The number of aliphatic hydroxyl groups is 1. The van der Waals surface area contributed by atoms with E-state index in [0.29, 0.717) is 34.9 Å². The molecule has 0 aromatic heterocycles. The van der Waals surface area contributed by atoms with Gasteiger partial charge in [-0.15, -0.1) is 0 Å². The van der Waals surface area contributed by atoms with Crippen LogP contribution in [0.15, 0.2) is 83.8 Å². The first-order valence-electron chi connectivity index (χ1n) is 10.9. The number of ether oxygens (including phenoxy) is 1. The molecular formula is C26H26ClNO6S. The molecule has 0 saturated carbocycles. The number of rotatable bonds is 12. The van der Waals surface area contributed by atoms with Crippen molar-refractivity contribution in [3.8, 4) is 5.75 Å². The maximum atomic E-state index is 12.6. The Kier molecular flexibility index (Phi) is 9.31.